The first-order valence-corrected chi connectivity index (χ1v) is 11.2. The second kappa shape index (κ2) is 36.1. The van der Waals surface area contributed by atoms with Gasteiger partial charge < -0.3 is 26.3 Å². The van der Waals surface area contributed by atoms with E-state index in [0.717, 1.165) is 28.7 Å². The Labute approximate surface area is 218 Å². The SMILES string of the molecule is CC.CC.CC.CC.CCC(C)C(C)C.C[CH-]c1nc2ccc(C)cc2[nH]1.[CH3-].[CH3-].[Y+3]. The molecular formula is C27H57N2Y. The molecule has 0 aliphatic heterocycles. The Bertz CT molecular complexity index is 505. The molecule has 30 heavy (non-hydrogen) atoms. The number of rotatable bonds is 3. The number of benzene rings is 1. The van der Waals surface area contributed by atoms with Crippen molar-refractivity contribution in [3.8, 4) is 0 Å². The third-order valence-corrected chi connectivity index (χ3v) is 3.71. The number of hydrogen-bond donors (Lipinski definition) is 1. The van der Waals surface area contributed by atoms with Gasteiger partial charge in [-0.15, -0.1) is 0 Å². The Kier molecular flexibility index (Phi) is 57.0. The van der Waals surface area contributed by atoms with E-state index in [4.69, 9.17) is 0 Å². The number of aryl methyl sites for hydroxylation is 1. The summed E-state index contributed by atoms with van der Waals surface area (Å²) >= 11 is 0. The van der Waals surface area contributed by atoms with E-state index in [0.29, 0.717) is 0 Å². The van der Waals surface area contributed by atoms with Crippen molar-refractivity contribution in [1.82, 2.24) is 9.97 Å². The number of nitrogens with zero attached hydrogens (tertiary/aromatic N) is 1. The average Bonchev–Trinajstić information content (AvgIpc) is 3.16. The Balaban J connectivity index is -0.0000000518. The first-order chi connectivity index (χ1) is 13.0. The van der Waals surface area contributed by atoms with Crippen molar-refractivity contribution in [2.45, 2.75) is 103 Å². The fourth-order valence-electron chi connectivity index (χ4n) is 1.75. The maximum atomic E-state index is 4.36. The fraction of sp³-hybridized carbons (Fsp3) is 0.630. The van der Waals surface area contributed by atoms with Crippen molar-refractivity contribution in [3.63, 3.8) is 0 Å². The summed E-state index contributed by atoms with van der Waals surface area (Å²) in [5.41, 5.74) is 3.41. The molecule has 2 nitrogen and oxygen atoms in total. The zero-order valence-electron chi connectivity index (χ0n) is 23.7. The molecule has 1 aromatic heterocycles. The van der Waals surface area contributed by atoms with Crippen molar-refractivity contribution < 1.29 is 32.7 Å². The molecule has 0 fully saturated rings. The number of aromatic nitrogens is 2. The van der Waals surface area contributed by atoms with Gasteiger partial charge in [0.1, 0.15) is 0 Å². The van der Waals surface area contributed by atoms with Crippen LogP contribution in [0.15, 0.2) is 18.2 Å². The maximum absolute atomic E-state index is 4.36. The Hall–Kier alpha value is -0.336. The third-order valence-electron chi connectivity index (χ3n) is 3.71. The molecule has 178 valence electrons. The molecule has 0 amide bonds. The van der Waals surface area contributed by atoms with Crippen LogP contribution in [-0.2, 0) is 32.7 Å². The summed E-state index contributed by atoms with van der Waals surface area (Å²) in [5.74, 6) is 2.71. The quantitative estimate of drug-likeness (QED) is 0.419. The van der Waals surface area contributed by atoms with Crippen LogP contribution in [-0.4, -0.2) is 9.97 Å². The minimum atomic E-state index is 0. The molecule has 1 heterocycles. The average molecular weight is 499 g/mol. The standard InChI is InChI=1S/C10H11N2.C7H16.4C2H6.2CH3.Y/c1-3-10-11-8-5-4-7(2)6-9(8)12-10;1-5-7(4)6(2)3;4*1-2;;;/h3-6H,1-2H3,(H,11,12);6-7H,5H2,1-4H3;4*1-2H3;2*1H3;/q-1;;;;;;2*-1;+3. The zero-order chi connectivity index (χ0) is 22.4. The van der Waals surface area contributed by atoms with Crippen LogP contribution < -0.4 is 0 Å². The molecule has 0 bridgehead atoms. The Morgan fingerprint density at radius 3 is 1.63 bits per heavy atom. The molecule has 1 atom stereocenters. The van der Waals surface area contributed by atoms with Gasteiger partial charge in [-0.25, -0.2) is 0 Å². The van der Waals surface area contributed by atoms with Gasteiger partial charge >= 0.3 is 32.7 Å². The summed E-state index contributed by atoms with van der Waals surface area (Å²) in [6.45, 7) is 29.1. The number of fused-ring (bicyclic) bond motifs is 1. The van der Waals surface area contributed by atoms with Crippen LogP contribution in [0.4, 0.5) is 0 Å². The normalized spacial score (nSPS) is 8.50. The minimum Gasteiger partial charge on any atom is -0.368 e. The van der Waals surface area contributed by atoms with Gasteiger partial charge in [-0.3, -0.25) is 4.98 Å². The van der Waals surface area contributed by atoms with Gasteiger partial charge in [0.15, 0.2) is 0 Å². The van der Waals surface area contributed by atoms with Crippen LogP contribution in [0.1, 0.15) is 108 Å². The van der Waals surface area contributed by atoms with Gasteiger partial charge in [0.2, 0.25) is 0 Å². The van der Waals surface area contributed by atoms with Gasteiger partial charge in [-0.2, -0.15) is 6.92 Å². The molecular weight excluding hydrogens is 441 g/mol. The fourth-order valence-corrected chi connectivity index (χ4v) is 1.75. The van der Waals surface area contributed by atoms with Crippen LogP contribution in [0.5, 0.6) is 0 Å². The monoisotopic (exact) mass is 498 g/mol. The molecule has 1 aromatic carbocycles. The van der Waals surface area contributed by atoms with E-state index in [1.807, 2.05) is 74.8 Å². The van der Waals surface area contributed by atoms with Crippen molar-refractivity contribution in [3.05, 3.63) is 50.9 Å². The van der Waals surface area contributed by atoms with Crippen molar-refractivity contribution in [2.24, 2.45) is 11.8 Å². The smallest absolute Gasteiger partial charge is 0.368 e. The van der Waals surface area contributed by atoms with Crippen LogP contribution in [0.3, 0.4) is 0 Å². The predicted molar refractivity (Wildman–Crippen MR) is 142 cm³/mol. The molecule has 2 rings (SSSR count). The van der Waals surface area contributed by atoms with Gasteiger partial charge in [-0.05, 0) is 42.3 Å². The number of imidazole rings is 1. The van der Waals surface area contributed by atoms with E-state index in [1.165, 1.54) is 12.0 Å². The summed E-state index contributed by atoms with van der Waals surface area (Å²) in [6.07, 6.45) is 3.28. The second-order valence-electron chi connectivity index (χ2n) is 5.56. The molecule has 0 saturated carbocycles. The van der Waals surface area contributed by atoms with Crippen LogP contribution >= 0.6 is 0 Å². The zero-order valence-corrected chi connectivity index (χ0v) is 26.5. The first kappa shape index (κ1) is 47.4. The molecule has 3 heteroatoms. The molecule has 1 N–H and O–H groups in total. The summed E-state index contributed by atoms with van der Waals surface area (Å²) < 4.78 is 0. The van der Waals surface area contributed by atoms with Crippen LogP contribution in [0, 0.1) is 40.0 Å². The summed E-state index contributed by atoms with van der Waals surface area (Å²) in [6, 6.07) is 6.21. The summed E-state index contributed by atoms with van der Waals surface area (Å²) in [4.78, 5) is 7.58. The topological polar surface area (TPSA) is 28.7 Å². The van der Waals surface area contributed by atoms with E-state index in [2.05, 4.69) is 56.7 Å². The van der Waals surface area contributed by atoms with E-state index >= 15 is 0 Å². The molecule has 0 radical (unpaired) electrons. The van der Waals surface area contributed by atoms with E-state index < -0.39 is 0 Å². The van der Waals surface area contributed by atoms with Crippen molar-refractivity contribution >= 4 is 11.0 Å². The van der Waals surface area contributed by atoms with Gasteiger partial charge in [0.25, 0.3) is 0 Å². The number of nitrogens with one attached hydrogen (secondary N) is 1. The molecule has 0 aliphatic rings. The third kappa shape index (κ3) is 23.9. The maximum Gasteiger partial charge on any atom is 3.00 e. The van der Waals surface area contributed by atoms with Crippen LogP contribution in [0.2, 0.25) is 0 Å². The molecule has 0 saturated heterocycles. The number of hydrogen-bond acceptors (Lipinski definition) is 1. The first-order valence-electron chi connectivity index (χ1n) is 11.2. The van der Waals surface area contributed by atoms with Crippen molar-refractivity contribution in [2.75, 3.05) is 0 Å². The summed E-state index contributed by atoms with van der Waals surface area (Å²) in [7, 11) is 0. The van der Waals surface area contributed by atoms with Crippen molar-refractivity contribution in [1.29, 1.82) is 0 Å². The second-order valence-corrected chi connectivity index (χ2v) is 5.56. The minimum absolute atomic E-state index is 0. The number of aromatic amines is 1. The van der Waals surface area contributed by atoms with Gasteiger partial charge in [0, 0.05) is 0 Å². The molecule has 0 spiro atoms. The van der Waals surface area contributed by atoms with Gasteiger partial charge in [-0.1, -0.05) is 95.6 Å². The van der Waals surface area contributed by atoms with E-state index in [-0.39, 0.29) is 47.6 Å². The predicted octanol–water partition coefficient (Wildman–Crippen LogP) is 10.1. The van der Waals surface area contributed by atoms with E-state index in [1.54, 1.807) is 0 Å². The van der Waals surface area contributed by atoms with Gasteiger partial charge in [0.05, 0.1) is 11.0 Å². The molecule has 2 aromatic rings. The Morgan fingerprint density at radius 1 is 0.900 bits per heavy atom. The molecule has 0 aliphatic carbocycles. The Morgan fingerprint density at radius 2 is 1.33 bits per heavy atom. The molecule has 1 unspecified atom stereocenters. The largest absolute Gasteiger partial charge is 3.00 e. The number of H-pyrrole nitrogens is 1. The summed E-state index contributed by atoms with van der Waals surface area (Å²) in [5, 5.41) is 0. The van der Waals surface area contributed by atoms with Crippen LogP contribution in [0.25, 0.3) is 11.0 Å². The van der Waals surface area contributed by atoms with E-state index in [9.17, 15) is 0 Å².